The van der Waals surface area contributed by atoms with Gasteiger partial charge in [0.15, 0.2) is 11.4 Å². The molecule has 0 radical (unpaired) electrons. The van der Waals surface area contributed by atoms with Crippen LogP contribution in [0.4, 0.5) is 24.8 Å². The van der Waals surface area contributed by atoms with Gasteiger partial charge in [0.2, 0.25) is 5.95 Å². The van der Waals surface area contributed by atoms with Crippen LogP contribution in [0.25, 0.3) is 11.4 Å². The molecule has 1 aliphatic carbocycles. The average Bonchev–Trinajstić information content (AvgIpc) is 3.06. The molecule has 0 spiro atoms. The highest BCUT2D eigenvalue weighted by Crippen LogP contribution is 2.36. The molecule has 0 atom stereocenters. The number of rotatable bonds is 5. The zero-order valence-corrected chi connectivity index (χ0v) is 16.7. The molecule has 1 aliphatic rings. The Kier molecular flexibility index (Phi) is 5.25. The van der Waals surface area contributed by atoms with Crippen LogP contribution in [-0.2, 0) is 24.6 Å². The predicted molar refractivity (Wildman–Crippen MR) is 104 cm³/mol. The number of halogens is 3. The molecule has 11 heteroatoms. The van der Waals surface area contributed by atoms with Gasteiger partial charge in [0, 0.05) is 18.8 Å². The van der Waals surface area contributed by atoms with Gasteiger partial charge in [0.05, 0.1) is 23.7 Å². The van der Waals surface area contributed by atoms with Gasteiger partial charge in [-0.3, -0.25) is 4.68 Å². The van der Waals surface area contributed by atoms with Crippen molar-refractivity contribution in [3.8, 4) is 17.1 Å². The lowest BCUT2D eigenvalue weighted by Crippen LogP contribution is -2.18. The number of fused-ring (bicyclic) bond motifs is 3. The van der Waals surface area contributed by atoms with Crippen molar-refractivity contribution in [3.05, 3.63) is 47.3 Å². The molecule has 0 bridgehead atoms. The van der Waals surface area contributed by atoms with Crippen molar-refractivity contribution < 1.29 is 27.4 Å². The first-order chi connectivity index (χ1) is 14.8. The number of alkyl halides is 3. The predicted octanol–water partition coefficient (Wildman–Crippen LogP) is 3.79. The molecule has 31 heavy (non-hydrogen) atoms. The lowest BCUT2D eigenvalue weighted by Gasteiger charge is -2.18. The van der Waals surface area contributed by atoms with E-state index < -0.39 is 18.1 Å². The molecule has 4 rings (SSSR count). The number of esters is 1. The molecule has 0 saturated heterocycles. The van der Waals surface area contributed by atoms with Gasteiger partial charge in [-0.25, -0.2) is 14.8 Å². The van der Waals surface area contributed by atoms with E-state index in [2.05, 4.69) is 25.1 Å². The fourth-order valence-electron chi connectivity index (χ4n) is 3.48. The minimum absolute atomic E-state index is 0.0630. The zero-order valence-electron chi connectivity index (χ0n) is 16.7. The maximum Gasteiger partial charge on any atom is 0.573 e. The van der Waals surface area contributed by atoms with Gasteiger partial charge in [0.1, 0.15) is 0 Å². The van der Waals surface area contributed by atoms with Crippen molar-refractivity contribution in [1.82, 2.24) is 19.7 Å². The molecule has 0 amide bonds. The molecule has 2 heterocycles. The molecule has 0 fully saturated rings. The van der Waals surface area contributed by atoms with E-state index in [1.807, 2.05) is 0 Å². The maximum absolute atomic E-state index is 12.7. The van der Waals surface area contributed by atoms with Crippen LogP contribution in [0.2, 0.25) is 0 Å². The summed E-state index contributed by atoms with van der Waals surface area (Å²) in [5.74, 6) is -0.820. The molecular weight excluding hydrogens is 415 g/mol. The highest BCUT2D eigenvalue weighted by atomic mass is 19.4. The molecule has 1 aromatic carbocycles. The van der Waals surface area contributed by atoms with Crippen molar-refractivity contribution in [2.45, 2.75) is 26.1 Å². The first-order valence-corrected chi connectivity index (χ1v) is 9.48. The largest absolute Gasteiger partial charge is 0.573 e. The van der Waals surface area contributed by atoms with E-state index in [0.717, 1.165) is 11.1 Å². The number of carbonyl (C=O) groups is 1. The Hall–Kier alpha value is -3.63. The monoisotopic (exact) mass is 433 g/mol. The summed E-state index contributed by atoms with van der Waals surface area (Å²) in [6, 6.07) is 5.62. The number of aryl methyl sites for hydroxylation is 2. The van der Waals surface area contributed by atoms with Crippen molar-refractivity contribution >= 4 is 17.6 Å². The summed E-state index contributed by atoms with van der Waals surface area (Å²) in [5, 5.41) is 7.07. The van der Waals surface area contributed by atoms with Crippen molar-refractivity contribution in [2.24, 2.45) is 7.05 Å². The van der Waals surface area contributed by atoms with Gasteiger partial charge in [-0.15, -0.1) is 13.2 Å². The van der Waals surface area contributed by atoms with Crippen LogP contribution in [0, 0.1) is 0 Å². The zero-order chi connectivity index (χ0) is 22.2. The van der Waals surface area contributed by atoms with Gasteiger partial charge in [-0.05, 0) is 37.5 Å². The van der Waals surface area contributed by atoms with E-state index in [9.17, 15) is 18.0 Å². The summed E-state index contributed by atoms with van der Waals surface area (Å²) in [6.45, 7) is 1.95. The smallest absolute Gasteiger partial charge is 0.461 e. The van der Waals surface area contributed by atoms with Crippen molar-refractivity contribution in [1.29, 1.82) is 0 Å². The van der Waals surface area contributed by atoms with E-state index in [4.69, 9.17) is 4.74 Å². The third-order valence-corrected chi connectivity index (χ3v) is 4.71. The maximum atomic E-state index is 12.7. The van der Waals surface area contributed by atoms with Crippen LogP contribution >= 0.6 is 0 Å². The number of carbonyl (C=O) groups excluding carboxylic acids is 1. The highest BCUT2D eigenvalue weighted by Gasteiger charge is 2.32. The molecule has 1 N–H and O–H groups in total. The third kappa shape index (κ3) is 4.16. The molecule has 0 aliphatic heterocycles. The molecule has 3 aromatic rings. The minimum atomic E-state index is -4.83. The van der Waals surface area contributed by atoms with Crippen LogP contribution in [0.1, 0.15) is 28.5 Å². The van der Waals surface area contributed by atoms with Gasteiger partial charge in [-0.2, -0.15) is 5.10 Å². The Bertz CT molecular complexity index is 1140. The summed E-state index contributed by atoms with van der Waals surface area (Å²) < 4.78 is 48.8. The second-order valence-electron chi connectivity index (χ2n) is 6.76. The third-order valence-electron chi connectivity index (χ3n) is 4.71. The lowest BCUT2D eigenvalue weighted by molar-refractivity contribution is -0.274. The fraction of sp³-hybridized carbons (Fsp3) is 0.300. The first-order valence-electron chi connectivity index (χ1n) is 9.48. The summed E-state index contributed by atoms with van der Waals surface area (Å²) in [5.41, 5.74) is 3.07. The second-order valence-corrected chi connectivity index (χ2v) is 6.76. The quantitative estimate of drug-likeness (QED) is 0.612. The van der Waals surface area contributed by atoms with E-state index in [0.29, 0.717) is 24.2 Å². The SMILES string of the molecule is CCOC(=O)c1nn(C)c2c1CCc1cnc(Nc3ccccc3OC(F)(F)F)nc1-2. The highest BCUT2D eigenvalue weighted by molar-refractivity contribution is 5.91. The van der Waals surface area contributed by atoms with E-state index in [1.165, 1.54) is 18.2 Å². The normalized spacial score (nSPS) is 12.7. The average molecular weight is 433 g/mol. The number of anilines is 2. The number of ether oxygens (including phenoxy) is 2. The van der Waals surface area contributed by atoms with Gasteiger partial charge >= 0.3 is 12.3 Å². The van der Waals surface area contributed by atoms with Gasteiger partial charge in [0.25, 0.3) is 0 Å². The first kappa shape index (κ1) is 20.6. The van der Waals surface area contributed by atoms with E-state index in [-0.39, 0.29) is 23.9 Å². The number of para-hydroxylation sites is 2. The lowest BCUT2D eigenvalue weighted by atomic mass is 9.93. The molecule has 2 aromatic heterocycles. The number of hydrogen-bond donors (Lipinski definition) is 1. The number of nitrogens with zero attached hydrogens (tertiary/aromatic N) is 4. The Morgan fingerprint density at radius 1 is 1.26 bits per heavy atom. The standard InChI is InChI=1S/C20H18F3N5O3/c1-3-30-18(29)16-12-9-8-11-10-24-19(26-15(11)17(12)28(2)27-16)25-13-6-4-5-7-14(13)31-20(21,22)23/h4-7,10H,3,8-9H2,1-2H3,(H,24,25,26). The van der Waals surface area contributed by atoms with Crippen LogP contribution in [0.3, 0.4) is 0 Å². The Labute approximate surface area is 175 Å². The van der Waals surface area contributed by atoms with E-state index in [1.54, 1.807) is 30.9 Å². The minimum Gasteiger partial charge on any atom is -0.461 e. The van der Waals surface area contributed by atoms with Crippen LogP contribution in [0.5, 0.6) is 5.75 Å². The van der Waals surface area contributed by atoms with Crippen LogP contribution in [-0.4, -0.2) is 38.7 Å². The summed E-state index contributed by atoms with van der Waals surface area (Å²) in [4.78, 5) is 21.0. The van der Waals surface area contributed by atoms with E-state index >= 15 is 0 Å². The number of hydrogen-bond acceptors (Lipinski definition) is 7. The number of nitrogens with one attached hydrogen (secondary N) is 1. The molecule has 8 nitrogen and oxygen atoms in total. The fourth-order valence-corrected chi connectivity index (χ4v) is 3.48. The molecular formula is C20H18F3N5O3. The Morgan fingerprint density at radius 3 is 2.77 bits per heavy atom. The van der Waals surface area contributed by atoms with Gasteiger partial charge < -0.3 is 14.8 Å². The number of benzene rings is 1. The summed E-state index contributed by atoms with van der Waals surface area (Å²) in [7, 11) is 1.69. The molecule has 162 valence electrons. The topological polar surface area (TPSA) is 91.2 Å². The van der Waals surface area contributed by atoms with Gasteiger partial charge in [-0.1, -0.05) is 12.1 Å². The summed E-state index contributed by atoms with van der Waals surface area (Å²) in [6.07, 6.45) is -2.06. The Balaban J connectivity index is 1.70. The molecule has 0 saturated carbocycles. The van der Waals surface area contributed by atoms with Crippen molar-refractivity contribution in [3.63, 3.8) is 0 Å². The number of aromatic nitrogens is 4. The summed E-state index contributed by atoms with van der Waals surface area (Å²) >= 11 is 0. The Morgan fingerprint density at radius 2 is 2.03 bits per heavy atom. The molecule has 0 unspecified atom stereocenters. The van der Waals surface area contributed by atoms with Crippen molar-refractivity contribution in [2.75, 3.05) is 11.9 Å². The van der Waals surface area contributed by atoms with Crippen LogP contribution < -0.4 is 10.1 Å². The second kappa shape index (κ2) is 7.89. The van der Waals surface area contributed by atoms with Crippen LogP contribution in [0.15, 0.2) is 30.5 Å².